The molecule has 2 aromatic heterocycles. The van der Waals surface area contributed by atoms with Gasteiger partial charge in [0.2, 0.25) is 5.91 Å². The number of nitrogens with zero attached hydrogens (tertiary/aromatic N) is 3. The van der Waals surface area contributed by atoms with Crippen LogP contribution < -0.4 is 10.6 Å². The quantitative estimate of drug-likeness (QED) is 0.448. The van der Waals surface area contributed by atoms with E-state index in [1.54, 1.807) is 10.7 Å². The van der Waals surface area contributed by atoms with Crippen LogP contribution in [0, 0.1) is 6.92 Å². The number of hydrogen-bond acceptors (Lipinski definition) is 5. The Balaban J connectivity index is 1.45. The maximum absolute atomic E-state index is 12.7. The van der Waals surface area contributed by atoms with Crippen LogP contribution in [0.4, 0.5) is 5.13 Å². The molecule has 0 radical (unpaired) electrons. The van der Waals surface area contributed by atoms with Crippen molar-refractivity contribution in [3.05, 3.63) is 83.0 Å². The SMILES string of the molecule is CC(=O)NC(C)c1ccc(-c2csc(NC(=O)c3cc(C)n(-c4ccccc4)n3)n2)cc1. The van der Waals surface area contributed by atoms with Gasteiger partial charge in [-0.2, -0.15) is 5.10 Å². The molecular formula is C24H23N5O2S. The van der Waals surface area contributed by atoms with E-state index in [0.717, 1.165) is 28.2 Å². The van der Waals surface area contributed by atoms with Crippen LogP contribution in [0.25, 0.3) is 16.9 Å². The Morgan fingerprint density at radius 1 is 1.06 bits per heavy atom. The lowest BCUT2D eigenvalue weighted by Gasteiger charge is -2.12. The second kappa shape index (κ2) is 9.15. The first-order valence-electron chi connectivity index (χ1n) is 10.2. The molecule has 2 amide bonds. The first-order valence-corrected chi connectivity index (χ1v) is 11.0. The van der Waals surface area contributed by atoms with Crippen molar-refractivity contribution in [3.63, 3.8) is 0 Å². The third kappa shape index (κ3) is 4.76. The molecule has 0 aliphatic carbocycles. The fraction of sp³-hybridized carbons (Fsp3) is 0.167. The van der Waals surface area contributed by atoms with E-state index in [-0.39, 0.29) is 17.9 Å². The highest BCUT2D eigenvalue weighted by atomic mass is 32.1. The van der Waals surface area contributed by atoms with E-state index in [2.05, 4.69) is 20.7 Å². The zero-order chi connectivity index (χ0) is 22.7. The fourth-order valence-electron chi connectivity index (χ4n) is 3.37. The molecule has 4 rings (SSSR count). The molecule has 0 fully saturated rings. The average molecular weight is 446 g/mol. The molecular weight excluding hydrogens is 422 g/mol. The number of aromatic nitrogens is 3. The summed E-state index contributed by atoms with van der Waals surface area (Å²) in [5.74, 6) is -0.367. The smallest absolute Gasteiger partial charge is 0.277 e. The zero-order valence-electron chi connectivity index (χ0n) is 18.0. The lowest BCUT2D eigenvalue weighted by Crippen LogP contribution is -2.23. The average Bonchev–Trinajstić information content (AvgIpc) is 3.41. The molecule has 1 atom stereocenters. The third-order valence-corrected chi connectivity index (χ3v) is 5.73. The summed E-state index contributed by atoms with van der Waals surface area (Å²) in [6.45, 7) is 5.35. The number of aryl methyl sites for hydroxylation is 1. The molecule has 2 heterocycles. The van der Waals surface area contributed by atoms with Crippen molar-refractivity contribution in [1.82, 2.24) is 20.1 Å². The van der Waals surface area contributed by atoms with Gasteiger partial charge < -0.3 is 5.32 Å². The van der Waals surface area contributed by atoms with Gasteiger partial charge in [-0.25, -0.2) is 9.67 Å². The minimum atomic E-state index is -0.303. The van der Waals surface area contributed by atoms with Crippen LogP contribution in [0.5, 0.6) is 0 Å². The maximum Gasteiger partial charge on any atom is 0.277 e. The van der Waals surface area contributed by atoms with Crippen LogP contribution >= 0.6 is 11.3 Å². The zero-order valence-corrected chi connectivity index (χ0v) is 18.8. The number of amides is 2. The number of benzene rings is 2. The van der Waals surface area contributed by atoms with Crippen LogP contribution in [0.3, 0.4) is 0 Å². The molecule has 0 aliphatic rings. The van der Waals surface area contributed by atoms with Gasteiger partial charge in [0.05, 0.1) is 17.4 Å². The number of nitrogens with one attached hydrogen (secondary N) is 2. The van der Waals surface area contributed by atoms with Crippen molar-refractivity contribution in [2.24, 2.45) is 0 Å². The summed E-state index contributed by atoms with van der Waals surface area (Å²) in [5.41, 5.74) is 4.82. The van der Waals surface area contributed by atoms with Gasteiger partial charge in [-0.3, -0.25) is 14.9 Å². The second-order valence-electron chi connectivity index (χ2n) is 7.45. The number of anilines is 1. The molecule has 32 heavy (non-hydrogen) atoms. The van der Waals surface area contributed by atoms with Gasteiger partial charge in [0, 0.05) is 23.6 Å². The van der Waals surface area contributed by atoms with E-state index in [9.17, 15) is 9.59 Å². The lowest BCUT2D eigenvalue weighted by atomic mass is 10.1. The summed E-state index contributed by atoms with van der Waals surface area (Å²) >= 11 is 1.36. The molecule has 0 spiro atoms. The molecule has 0 saturated carbocycles. The van der Waals surface area contributed by atoms with Gasteiger partial charge in [-0.1, -0.05) is 42.5 Å². The molecule has 0 bridgehead atoms. The molecule has 2 aromatic carbocycles. The summed E-state index contributed by atoms with van der Waals surface area (Å²) in [6.07, 6.45) is 0. The predicted molar refractivity (Wildman–Crippen MR) is 126 cm³/mol. The molecule has 4 aromatic rings. The van der Waals surface area contributed by atoms with Crippen LogP contribution in [-0.2, 0) is 4.79 Å². The van der Waals surface area contributed by atoms with Crippen molar-refractivity contribution in [3.8, 4) is 16.9 Å². The molecule has 0 saturated heterocycles. The van der Waals surface area contributed by atoms with Crippen LogP contribution in [0.2, 0.25) is 0 Å². The van der Waals surface area contributed by atoms with Crippen LogP contribution in [0.15, 0.2) is 66.0 Å². The van der Waals surface area contributed by atoms with E-state index in [1.807, 2.05) is 73.8 Å². The standard InChI is InChI=1S/C24H23N5O2S/c1-15-13-21(28-29(15)20-7-5-4-6-8-20)23(31)27-24-26-22(14-32-24)19-11-9-18(10-12-19)16(2)25-17(3)30/h4-14,16H,1-3H3,(H,25,30)(H,26,27,31). The van der Waals surface area contributed by atoms with Gasteiger partial charge in [0.1, 0.15) is 0 Å². The third-order valence-electron chi connectivity index (χ3n) is 4.97. The Labute approximate surface area is 190 Å². The van der Waals surface area contributed by atoms with Crippen molar-refractivity contribution < 1.29 is 9.59 Å². The fourth-order valence-corrected chi connectivity index (χ4v) is 4.09. The predicted octanol–water partition coefficient (Wildman–Crippen LogP) is 4.75. The van der Waals surface area contributed by atoms with Crippen molar-refractivity contribution in [2.75, 3.05) is 5.32 Å². The normalized spacial score (nSPS) is 11.7. The van der Waals surface area contributed by atoms with Gasteiger partial charge in [0.15, 0.2) is 10.8 Å². The van der Waals surface area contributed by atoms with Crippen molar-refractivity contribution in [2.45, 2.75) is 26.8 Å². The van der Waals surface area contributed by atoms with E-state index >= 15 is 0 Å². The Bertz CT molecular complexity index is 1250. The number of thiazole rings is 1. The van der Waals surface area contributed by atoms with Gasteiger partial charge >= 0.3 is 0 Å². The topological polar surface area (TPSA) is 88.9 Å². The Morgan fingerprint density at radius 2 is 1.78 bits per heavy atom. The van der Waals surface area contributed by atoms with Crippen LogP contribution in [0.1, 0.15) is 41.6 Å². The Hall–Kier alpha value is -3.78. The van der Waals surface area contributed by atoms with Crippen molar-refractivity contribution in [1.29, 1.82) is 0 Å². The number of hydrogen-bond donors (Lipinski definition) is 2. The highest BCUT2D eigenvalue weighted by Crippen LogP contribution is 2.26. The minimum absolute atomic E-state index is 0.0639. The largest absolute Gasteiger partial charge is 0.350 e. The molecule has 1 unspecified atom stereocenters. The van der Waals surface area contributed by atoms with Gasteiger partial charge in [-0.15, -0.1) is 11.3 Å². The Morgan fingerprint density at radius 3 is 2.47 bits per heavy atom. The first-order chi connectivity index (χ1) is 15.4. The molecule has 162 valence electrons. The summed E-state index contributed by atoms with van der Waals surface area (Å²) in [5, 5.41) is 12.5. The second-order valence-corrected chi connectivity index (χ2v) is 8.31. The van der Waals surface area contributed by atoms with Crippen molar-refractivity contribution >= 4 is 28.3 Å². The van der Waals surface area contributed by atoms with E-state index < -0.39 is 0 Å². The summed E-state index contributed by atoms with van der Waals surface area (Å²) < 4.78 is 1.74. The van der Waals surface area contributed by atoms with E-state index in [4.69, 9.17) is 0 Å². The number of rotatable bonds is 6. The summed E-state index contributed by atoms with van der Waals surface area (Å²) in [6, 6.07) is 19.2. The molecule has 0 aliphatic heterocycles. The monoisotopic (exact) mass is 445 g/mol. The lowest BCUT2D eigenvalue weighted by molar-refractivity contribution is -0.119. The highest BCUT2D eigenvalue weighted by Gasteiger charge is 2.15. The maximum atomic E-state index is 12.7. The summed E-state index contributed by atoms with van der Waals surface area (Å²) in [4.78, 5) is 28.5. The number of carbonyl (C=O) groups excluding carboxylic acids is 2. The number of para-hydroxylation sites is 1. The summed E-state index contributed by atoms with van der Waals surface area (Å²) in [7, 11) is 0. The molecule has 2 N–H and O–H groups in total. The minimum Gasteiger partial charge on any atom is -0.350 e. The number of carbonyl (C=O) groups is 2. The molecule has 7 nitrogen and oxygen atoms in total. The molecule has 8 heteroatoms. The Kier molecular flexibility index (Phi) is 6.13. The van der Waals surface area contributed by atoms with Gasteiger partial charge in [-0.05, 0) is 37.6 Å². The van der Waals surface area contributed by atoms with Crippen LogP contribution in [-0.4, -0.2) is 26.6 Å². The van der Waals surface area contributed by atoms with Gasteiger partial charge in [0.25, 0.3) is 5.91 Å². The highest BCUT2D eigenvalue weighted by molar-refractivity contribution is 7.14. The van der Waals surface area contributed by atoms with E-state index in [1.165, 1.54) is 18.3 Å². The van der Waals surface area contributed by atoms with E-state index in [0.29, 0.717) is 10.8 Å². The first kappa shape index (κ1) is 21.5.